The van der Waals surface area contributed by atoms with E-state index in [1.54, 1.807) is 0 Å². The highest BCUT2D eigenvalue weighted by atomic mass is 16.7. The molecule has 0 unspecified atom stereocenters. The van der Waals surface area contributed by atoms with E-state index in [-0.39, 0.29) is 26.2 Å². The molecule has 0 spiro atoms. The van der Waals surface area contributed by atoms with Crippen LogP contribution in [0.25, 0.3) is 0 Å². The van der Waals surface area contributed by atoms with Crippen LogP contribution in [0.15, 0.2) is 0 Å². The molecule has 1 aliphatic heterocycles. The molecule has 0 atom stereocenters. The molecule has 6 nitrogen and oxygen atoms in total. The highest BCUT2D eigenvalue weighted by Crippen LogP contribution is 2.26. The molecule has 1 fully saturated rings. The molecule has 0 amide bonds. The van der Waals surface area contributed by atoms with Crippen molar-refractivity contribution in [3.05, 3.63) is 0 Å². The van der Waals surface area contributed by atoms with Crippen LogP contribution in [0.3, 0.4) is 0 Å². The summed E-state index contributed by atoms with van der Waals surface area (Å²) >= 11 is 0. The van der Waals surface area contributed by atoms with Crippen molar-refractivity contribution < 1.29 is 28.9 Å². The lowest BCUT2D eigenvalue weighted by Crippen LogP contribution is -2.43. The number of aliphatic hydroxyl groups is 1. The lowest BCUT2D eigenvalue weighted by molar-refractivity contribution is -0.150. The number of ether oxygens (including phenoxy) is 3. The van der Waals surface area contributed by atoms with Crippen molar-refractivity contribution in [1.82, 2.24) is 0 Å². The second kappa shape index (κ2) is 4.28. The zero-order valence-corrected chi connectivity index (χ0v) is 7.82. The number of hydrogen-bond donors (Lipinski definition) is 1. The van der Waals surface area contributed by atoms with Gasteiger partial charge >= 0.3 is 12.1 Å². The topological polar surface area (TPSA) is 82.1 Å². The van der Waals surface area contributed by atoms with E-state index in [1.165, 1.54) is 7.11 Å². The average molecular weight is 204 g/mol. The van der Waals surface area contributed by atoms with Crippen molar-refractivity contribution in [2.24, 2.45) is 5.41 Å². The number of carbonyl (C=O) groups is 2. The minimum Gasteiger partial charge on any atom is -0.469 e. The second-order valence-corrected chi connectivity index (χ2v) is 3.24. The molecule has 0 radical (unpaired) electrons. The van der Waals surface area contributed by atoms with Gasteiger partial charge in [-0.2, -0.15) is 0 Å². The highest BCUT2D eigenvalue weighted by molar-refractivity contribution is 5.70. The van der Waals surface area contributed by atoms with Crippen molar-refractivity contribution >= 4 is 12.1 Å². The normalized spacial score (nSPS) is 19.4. The standard InChI is InChI=1S/C8H12O6/c1-12-6(10)2-8(3-9)4-13-7(11)14-5-8/h9H,2-5H2,1H3. The monoisotopic (exact) mass is 204 g/mol. The Morgan fingerprint density at radius 1 is 1.57 bits per heavy atom. The van der Waals surface area contributed by atoms with Crippen molar-refractivity contribution in [3.8, 4) is 0 Å². The summed E-state index contributed by atoms with van der Waals surface area (Å²) in [6.45, 7) is -0.357. The Morgan fingerprint density at radius 3 is 2.57 bits per heavy atom. The Bertz CT molecular complexity index is 226. The molecule has 14 heavy (non-hydrogen) atoms. The fourth-order valence-electron chi connectivity index (χ4n) is 1.13. The SMILES string of the molecule is COC(=O)CC1(CO)COC(=O)OC1. The summed E-state index contributed by atoms with van der Waals surface area (Å²) in [6.07, 6.45) is -0.813. The van der Waals surface area contributed by atoms with Gasteiger partial charge in [-0.25, -0.2) is 4.79 Å². The van der Waals surface area contributed by atoms with Crippen LogP contribution < -0.4 is 0 Å². The van der Waals surface area contributed by atoms with Crippen LogP contribution in [0.5, 0.6) is 0 Å². The Balaban J connectivity index is 2.58. The van der Waals surface area contributed by atoms with E-state index >= 15 is 0 Å². The van der Waals surface area contributed by atoms with E-state index in [9.17, 15) is 9.59 Å². The van der Waals surface area contributed by atoms with Gasteiger partial charge in [0, 0.05) is 0 Å². The van der Waals surface area contributed by atoms with Gasteiger partial charge in [0.2, 0.25) is 0 Å². The van der Waals surface area contributed by atoms with Crippen LogP contribution in [0, 0.1) is 5.41 Å². The first-order chi connectivity index (χ1) is 6.62. The third-order valence-corrected chi connectivity index (χ3v) is 2.07. The lowest BCUT2D eigenvalue weighted by Gasteiger charge is -2.32. The predicted octanol–water partition coefficient (Wildman–Crippen LogP) is -0.305. The Labute approximate surface area is 80.7 Å². The molecule has 80 valence electrons. The van der Waals surface area contributed by atoms with Crippen molar-refractivity contribution in [2.45, 2.75) is 6.42 Å². The maximum Gasteiger partial charge on any atom is 0.508 e. The molecule has 1 aliphatic rings. The first-order valence-corrected chi connectivity index (χ1v) is 4.09. The van der Waals surface area contributed by atoms with Crippen LogP contribution in [0.2, 0.25) is 0 Å². The number of methoxy groups -OCH3 is 1. The van der Waals surface area contributed by atoms with E-state index in [1.807, 2.05) is 0 Å². The van der Waals surface area contributed by atoms with E-state index in [0.717, 1.165) is 0 Å². The largest absolute Gasteiger partial charge is 0.508 e. The molecular weight excluding hydrogens is 192 g/mol. The summed E-state index contributed by atoms with van der Waals surface area (Å²) in [6, 6.07) is 0. The molecular formula is C8H12O6. The molecule has 1 saturated heterocycles. The third kappa shape index (κ3) is 2.35. The number of esters is 1. The smallest absolute Gasteiger partial charge is 0.469 e. The van der Waals surface area contributed by atoms with Crippen LogP contribution in [0.1, 0.15) is 6.42 Å². The maximum absolute atomic E-state index is 11.0. The van der Waals surface area contributed by atoms with Gasteiger partial charge in [-0.15, -0.1) is 0 Å². The Hall–Kier alpha value is -1.30. The van der Waals surface area contributed by atoms with Crippen molar-refractivity contribution in [3.63, 3.8) is 0 Å². The number of carbonyl (C=O) groups excluding carboxylic acids is 2. The summed E-state index contributed by atoms with van der Waals surface area (Å²) in [5.41, 5.74) is -0.860. The lowest BCUT2D eigenvalue weighted by atomic mass is 9.87. The van der Waals surface area contributed by atoms with Crippen LogP contribution in [0.4, 0.5) is 4.79 Å². The highest BCUT2D eigenvalue weighted by Gasteiger charge is 2.39. The van der Waals surface area contributed by atoms with Gasteiger partial charge in [-0.1, -0.05) is 0 Å². The fraction of sp³-hybridized carbons (Fsp3) is 0.750. The second-order valence-electron chi connectivity index (χ2n) is 3.24. The fourth-order valence-corrected chi connectivity index (χ4v) is 1.13. The summed E-state index contributed by atoms with van der Waals surface area (Å²) in [5.74, 6) is -0.472. The van der Waals surface area contributed by atoms with E-state index in [0.29, 0.717) is 0 Å². The first-order valence-electron chi connectivity index (χ1n) is 4.09. The molecule has 0 aromatic heterocycles. The molecule has 6 heteroatoms. The van der Waals surface area contributed by atoms with Crippen molar-refractivity contribution in [1.29, 1.82) is 0 Å². The number of rotatable bonds is 3. The number of aliphatic hydroxyl groups excluding tert-OH is 1. The predicted molar refractivity (Wildman–Crippen MR) is 43.5 cm³/mol. The maximum atomic E-state index is 11.0. The summed E-state index contributed by atoms with van der Waals surface area (Å²) < 4.78 is 13.7. The van der Waals surface area contributed by atoms with Crippen molar-refractivity contribution in [2.75, 3.05) is 26.9 Å². The Kier molecular flexibility index (Phi) is 3.29. The molecule has 0 aliphatic carbocycles. The Morgan fingerprint density at radius 2 is 2.14 bits per heavy atom. The van der Waals surface area contributed by atoms with Crippen LogP contribution in [-0.2, 0) is 19.0 Å². The van der Waals surface area contributed by atoms with E-state index in [4.69, 9.17) is 5.11 Å². The van der Waals surface area contributed by atoms with Crippen LogP contribution in [-0.4, -0.2) is 44.2 Å². The molecule has 1 N–H and O–H groups in total. The van der Waals surface area contributed by atoms with E-state index in [2.05, 4.69) is 14.2 Å². The quantitative estimate of drug-likeness (QED) is 0.635. The molecule has 1 heterocycles. The molecule has 1 rings (SSSR count). The third-order valence-electron chi connectivity index (χ3n) is 2.07. The van der Waals surface area contributed by atoms with Gasteiger partial charge in [0.25, 0.3) is 0 Å². The minimum absolute atomic E-state index is 0.0303. The summed E-state index contributed by atoms with van der Waals surface area (Å²) in [5, 5.41) is 9.09. The zero-order chi connectivity index (χ0) is 10.6. The zero-order valence-electron chi connectivity index (χ0n) is 7.82. The minimum atomic E-state index is -0.860. The molecule has 0 aromatic rings. The van der Waals surface area contributed by atoms with Gasteiger partial charge in [0.05, 0.1) is 25.6 Å². The van der Waals surface area contributed by atoms with Gasteiger partial charge in [0.15, 0.2) is 0 Å². The van der Waals surface area contributed by atoms with Gasteiger partial charge in [0.1, 0.15) is 13.2 Å². The average Bonchev–Trinajstić information content (AvgIpc) is 2.22. The summed E-state index contributed by atoms with van der Waals surface area (Å²) in [4.78, 5) is 21.6. The van der Waals surface area contributed by atoms with Crippen LogP contribution >= 0.6 is 0 Å². The van der Waals surface area contributed by atoms with E-state index < -0.39 is 17.5 Å². The molecule has 0 bridgehead atoms. The van der Waals surface area contributed by atoms with Gasteiger partial charge < -0.3 is 19.3 Å². The molecule has 0 aromatic carbocycles. The first kappa shape index (κ1) is 10.8. The van der Waals surface area contributed by atoms with Gasteiger partial charge in [-0.05, 0) is 0 Å². The summed E-state index contributed by atoms with van der Waals surface area (Å²) in [7, 11) is 1.25. The number of cyclic esters (lactones) is 2. The number of hydrogen-bond acceptors (Lipinski definition) is 6. The van der Waals surface area contributed by atoms with Gasteiger partial charge in [-0.3, -0.25) is 4.79 Å². The molecule has 0 saturated carbocycles.